The molecule has 1 atom stereocenters. The number of imidazole rings is 1. The number of hydrogen-bond acceptors (Lipinski definition) is 6. The highest BCUT2D eigenvalue weighted by molar-refractivity contribution is 5.96. The van der Waals surface area contributed by atoms with Crippen LogP contribution >= 0.6 is 12.4 Å². The third-order valence-electron chi connectivity index (χ3n) is 6.36. The zero-order valence-electron chi connectivity index (χ0n) is 20.3. The first-order valence-corrected chi connectivity index (χ1v) is 11.8. The molecular formula is C26H27ClF2N6O2. The summed E-state index contributed by atoms with van der Waals surface area (Å²) < 4.78 is 35.5. The number of aryl methyl sites for hydroxylation is 1. The second kappa shape index (κ2) is 11.1. The number of amides is 1. The molecule has 0 spiro atoms. The van der Waals surface area contributed by atoms with Crippen LogP contribution in [0.15, 0.2) is 48.9 Å². The molecule has 3 heterocycles. The molecule has 8 nitrogen and oxygen atoms in total. The Hall–Kier alpha value is -3.76. The number of hydrogen-bond donors (Lipinski definition) is 3. The predicted octanol–water partition coefficient (Wildman–Crippen LogP) is 4.50. The highest BCUT2D eigenvalue weighted by Gasteiger charge is 2.21. The Morgan fingerprint density at radius 3 is 2.78 bits per heavy atom. The number of methoxy groups -OCH3 is 1. The Bertz CT molecular complexity index is 1440. The minimum Gasteiger partial charge on any atom is -0.494 e. The van der Waals surface area contributed by atoms with E-state index in [0.717, 1.165) is 30.8 Å². The molecule has 1 aliphatic rings. The average Bonchev–Trinajstić information content (AvgIpc) is 3.56. The number of fused-ring (bicyclic) bond motifs is 1. The molecule has 11 heteroatoms. The van der Waals surface area contributed by atoms with Crippen molar-refractivity contribution in [3.05, 3.63) is 71.7 Å². The Kier molecular flexibility index (Phi) is 7.89. The molecule has 1 saturated heterocycles. The third-order valence-corrected chi connectivity index (χ3v) is 6.36. The first-order valence-electron chi connectivity index (χ1n) is 11.8. The zero-order chi connectivity index (χ0) is 25.2. The highest BCUT2D eigenvalue weighted by Crippen LogP contribution is 2.31. The van der Waals surface area contributed by atoms with Crippen LogP contribution in [-0.2, 0) is 6.42 Å². The molecule has 4 aromatic rings. The summed E-state index contributed by atoms with van der Waals surface area (Å²) >= 11 is 0. The summed E-state index contributed by atoms with van der Waals surface area (Å²) in [4.78, 5) is 21.6. The number of nitrogens with zero attached hydrogens (tertiary/aromatic N) is 3. The monoisotopic (exact) mass is 528 g/mol. The first-order chi connectivity index (χ1) is 17.5. The minimum atomic E-state index is -1.06. The fraction of sp³-hybridized carbons (Fsp3) is 0.269. The van der Waals surface area contributed by atoms with Crippen LogP contribution in [0.3, 0.4) is 0 Å². The van der Waals surface area contributed by atoms with Crippen molar-refractivity contribution in [3.8, 4) is 17.0 Å². The van der Waals surface area contributed by atoms with Gasteiger partial charge in [0.05, 0.1) is 19.0 Å². The number of ether oxygens (including phenoxy) is 1. The van der Waals surface area contributed by atoms with Crippen molar-refractivity contribution in [2.24, 2.45) is 0 Å². The second-order valence-corrected chi connectivity index (χ2v) is 8.57. The number of carbonyl (C=O) groups is 1. The number of rotatable bonds is 7. The molecule has 0 unspecified atom stereocenters. The molecule has 2 aromatic carbocycles. The molecular weight excluding hydrogens is 502 g/mol. The van der Waals surface area contributed by atoms with Crippen LogP contribution < -0.4 is 20.7 Å². The minimum absolute atomic E-state index is 0. The molecule has 1 fully saturated rings. The van der Waals surface area contributed by atoms with E-state index in [1.54, 1.807) is 22.9 Å². The number of halogens is 3. The molecule has 0 saturated carbocycles. The molecule has 1 aliphatic heterocycles. The van der Waals surface area contributed by atoms with Gasteiger partial charge in [0, 0.05) is 41.8 Å². The summed E-state index contributed by atoms with van der Waals surface area (Å²) in [5, 5.41) is 9.58. The van der Waals surface area contributed by atoms with E-state index in [4.69, 9.17) is 4.74 Å². The Labute approximate surface area is 218 Å². The van der Waals surface area contributed by atoms with Crippen LogP contribution in [0.4, 0.5) is 20.3 Å². The van der Waals surface area contributed by atoms with E-state index in [2.05, 4.69) is 25.9 Å². The molecule has 0 bridgehead atoms. The van der Waals surface area contributed by atoms with Crippen LogP contribution in [-0.4, -0.2) is 46.5 Å². The molecule has 5 rings (SSSR count). The SMILES string of the molecule is CCc1cc(Nc2nccn3c(-c4ccc(OC)c(F)c4F)cnc23)ccc1C(=O)N[C@@H]1CCNC1.Cl. The summed E-state index contributed by atoms with van der Waals surface area (Å²) in [6, 6.07) is 8.49. The van der Waals surface area contributed by atoms with Gasteiger partial charge in [0.1, 0.15) is 0 Å². The number of benzene rings is 2. The fourth-order valence-corrected chi connectivity index (χ4v) is 4.46. The second-order valence-electron chi connectivity index (χ2n) is 8.57. The lowest BCUT2D eigenvalue weighted by Crippen LogP contribution is -2.36. The van der Waals surface area contributed by atoms with Gasteiger partial charge in [-0.2, -0.15) is 4.39 Å². The molecule has 3 N–H and O–H groups in total. The van der Waals surface area contributed by atoms with Crippen molar-refractivity contribution in [1.82, 2.24) is 25.0 Å². The van der Waals surface area contributed by atoms with Gasteiger partial charge in [-0.1, -0.05) is 6.92 Å². The van der Waals surface area contributed by atoms with Gasteiger partial charge in [-0.25, -0.2) is 14.4 Å². The van der Waals surface area contributed by atoms with Crippen molar-refractivity contribution < 1.29 is 18.3 Å². The molecule has 0 radical (unpaired) electrons. The lowest BCUT2D eigenvalue weighted by Gasteiger charge is -2.15. The molecule has 37 heavy (non-hydrogen) atoms. The summed E-state index contributed by atoms with van der Waals surface area (Å²) in [7, 11) is 1.28. The fourth-order valence-electron chi connectivity index (χ4n) is 4.46. The van der Waals surface area contributed by atoms with Crippen LogP contribution in [0.2, 0.25) is 0 Å². The number of anilines is 2. The van der Waals surface area contributed by atoms with Gasteiger partial charge in [0.25, 0.3) is 5.91 Å². The Balaban J connectivity index is 0.00000320. The van der Waals surface area contributed by atoms with Crippen LogP contribution in [0, 0.1) is 11.6 Å². The van der Waals surface area contributed by atoms with E-state index >= 15 is 0 Å². The van der Waals surface area contributed by atoms with Crippen molar-refractivity contribution in [1.29, 1.82) is 0 Å². The van der Waals surface area contributed by atoms with Gasteiger partial charge in [-0.3, -0.25) is 9.20 Å². The van der Waals surface area contributed by atoms with Gasteiger partial charge in [0.15, 0.2) is 23.0 Å². The molecule has 0 aliphatic carbocycles. The summed E-state index contributed by atoms with van der Waals surface area (Å²) in [5.41, 5.74) is 3.14. The normalized spacial score (nSPS) is 14.9. The Morgan fingerprint density at radius 1 is 1.22 bits per heavy atom. The molecule has 194 valence electrons. The maximum Gasteiger partial charge on any atom is 0.251 e. The van der Waals surface area contributed by atoms with Gasteiger partial charge < -0.3 is 20.7 Å². The van der Waals surface area contributed by atoms with Gasteiger partial charge in [0.2, 0.25) is 5.82 Å². The van der Waals surface area contributed by atoms with Crippen LogP contribution in [0.1, 0.15) is 29.3 Å². The lowest BCUT2D eigenvalue weighted by atomic mass is 10.0. The summed E-state index contributed by atoms with van der Waals surface area (Å²) in [6.45, 7) is 3.68. The van der Waals surface area contributed by atoms with E-state index in [0.29, 0.717) is 29.1 Å². The largest absolute Gasteiger partial charge is 0.494 e. The van der Waals surface area contributed by atoms with Crippen molar-refractivity contribution in [2.75, 3.05) is 25.5 Å². The van der Waals surface area contributed by atoms with Crippen molar-refractivity contribution in [2.45, 2.75) is 25.8 Å². The van der Waals surface area contributed by atoms with Crippen LogP contribution in [0.5, 0.6) is 5.75 Å². The maximum atomic E-state index is 14.7. The summed E-state index contributed by atoms with van der Waals surface area (Å²) in [5.74, 6) is -1.89. The van der Waals surface area contributed by atoms with Gasteiger partial charge in [-0.15, -0.1) is 12.4 Å². The van der Waals surface area contributed by atoms with E-state index < -0.39 is 11.6 Å². The third kappa shape index (κ3) is 5.07. The average molecular weight is 529 g/mol. The highest BCUT2D eigenvalue weighted by atomic mass is 35.5. The van der Waals surface area contributed by atoms with E-state index in [1.807, 2.05) is 19.1 Å². The first kappa shape index (κ1) is 26.3. The van der Waals surface area contributed by atoms with Gasteiger partial charge >= 0.3 is 0 Å². The standard InChI is InChI=1S/C26H26F2N6O2.ClH/c1-3-15-12-16(4-5-18(15)26(35)33-17-8-9-29-13-17)32-24-25-31-14-20(34(25)11-10-30-24)19-6-7-21(36-2)23(28)22(19)27;/h4-7,10-12,14,17,29H,3,8-9,13H2,1-2H3,(H,30,32)(H,33,35);1H/t17-;/m1./s1. The van der Waals surface area contributed by atoms with E-state index in [9.17, 15) is 13.6 Å². The number of nitrogens with one attached hydrogen (secondary N) is 3. The molecule has 1 amide bonds. The lowest BCUT2D eigenvalue weighted by molar-refractivity contribution is 0.0939. The smallest absolute Gasteiger partial charge is 0.251 e. The predicted molar refractivity (Wildman–Crippen MR) is 140 cm³/mol. The van der Waals surface area contributed by atoms with Crippen molar-refractivity contribution in [3.63, 3.8) is 0 Å². The number of carbonyl (C=O) groups excluding carboxylic acids is 1. The topological polar surface area (TPSA) is 92.6 Å². The van der Waals surface area contributed by atoms with Crippen LogP contribution in [0.25, 0.3) is 16.9 Å². The van der Waals surface area contributed by atoms with Crippen molar-refractivity contribution >= 4 is 35.5 Å². The summed E-state index contributed by atoms with van der Waals surface area (Å²) in [6.07, 6.45) is 6.25. The number of aromatic nitrogens is 3. The maximum absolute atomic E-state index is 14.7. The Morgan fingerprint density at radius 2 is 2.05 bits per heavy atom. The van der Waals surface area contributed by atoms with E-state index in [1.165, 1.54) is 25.4 Å². The molecule has 2 aromatic heterocycles. The quantitative estimate of drug-likeness (QED) is 0.327. The van der Waals surface area contributed by atoms with Gasteiger partial charge in [-0.05, 0) is 55.3 Å². The van der Waals surface area contributed by atoms with E-state index in [-0.39, 0.29) is 35.7 Å². The zero-order valence-corrected chi connectivity index (χ0v) is 21.2.